The molecule has 1 rings (SSSR count). The predicted molar refractivity (Wildman–Crippen MR) is 65.1 cm³/mol. The van der Waals surface area contributed by atoms with E-state index in [0.717, 1.165) is 0 Å². The fourth-order valence-electron chi connectivity index (χ4n) is 1.58. The van der Waals surface area contributed by atoms with Gasteiger partial charge in [0.2, 0.25) is 0 Å². The van der Waals surface area contributed by atoms with Gasteiger partial charge in [0, 0.05) is 12.6 Å². The Kier molecular flexibility index (Phi) is 5.55. The lowest BCUT2D eigenvalue weighted by Crippen LogP contribution is -2.39. The van der Waals surface area contributed by atoms with E-state index in [0.29, 0.717) is 18.0 Å². The van der Waals surface area contributed by atoms with Crippen LogP contribution in [-0.4, -0.2) is 29.4 Å². The molecule has 96 valence electrons. The Hall–Kier alpha value is -0.970. The normalized spacial score (nSPS) is 14.9. The van der Waals surface area contributed by atoms with E-state index in [9.17, 15) is 9.50 Å². The SMILES string of the molecule is CC(C)C(CO)NCC(O)c1ccc(F)cc1. The number of halogens is 1. The summed E-state index contributed by atoms with van der Waals surface area (Å²) in [6.45, 7) is 4.37. The van der Waals surface area contributed by atoms with Gasteiger partial charge in [0.15, 0.2) is 0 Å². The minimum atomic E-state index is -0.691. The summed E-state index contributed by atoms with van der Waals surface area (Å²) in [7, 11) is 0. The van der Waals surface area contributed by atoms with Gasteiger partial charge in [-0.2, -0.15) is 0 Å². The molecule has 0 aromatic heterocycles. The van der Waals surface area contributed by atoms with Crippen LogP contribution in [0.15, 0.2) is 24.3 Å². The van der Waals surface area contributed by atoms with Crippen molar-refractivity contribution in [3.63, 3.8) is 0 Å². The molecule has 0 radical (unpaired) electrons. The van der Waals surface area contributed by atoms with Crippen LogP contribution in [0.2, 0.25) is 0 Å². The van der Waals surface area contributed by atoms with E-state index < -0.39 is 6.10 Å². The summed E-state index contributed by atoms with van der Waals surface area (Å²) < 4.78 is 12.7. The lowest BCUT2D eigenvalue weighted by Gasteiger charge is -2.22. The van der Waals surface area contributed by atoms with E-state index in [1.807, 2.05) is 13.8 Å². The van der Waals surface area contributed by atoms with E-state index in [4.69, 9.17) is 5.11 Å². The van der Waals surface area contributed by atoms with Gasteiger partial charge < -0.3 is 15.5 Å². The molecule has 2 unspecified atom stereocenters. The molecule has 1 aromatic rings. The van der Waals surface area contributed by atoms with E-state index in [-0.39, 0.29) is 18.5 Å². The Bertz CT molecular complexity index is 327. The zero-order valence-corrected chi connectivity index (χ0v) is 10.2. The van der Waals surface area contributed by atoms with Crippen molar-refractivity contribution in [1.82, 2.24) is 5.32 Å². The summed E-state index contributed by atoms with van der Waals surface area (Å²) in [6, 6.07) is 5.73. The van der Waals surface area contributed by atoms with Crippen LogP contribution in [-0.2, 0) is 0 Å². The quantitative estimate of drug-likeness (QED) is 0.707. The number of nitrogens with one attached hydrogen (secondary N) is 1. The molecule has 0 aliphatic carbocycles. The van der Waals surface area contributed by atoms with Crippen LogP contribution >= 0.6 is 0 Å². The summed E-state index contributed by atoms with van der Waals surface area (Å²) in [5.74, 6) is -0.0234. The van der Waals surface area contributed by atoms with Crippen molar-refractivity contribution in [2.75, 3.05) is 13.2 Å². The molecule has 3 nitrogen and oxygen atoms in total. The van der Waals surface area contributed by atoms with Gasteiger partial charge in [-0.25, -0.2) is 4.39 Å². The smallest absolute Gasteiger partial charge is 0.123 e. The van der Waals surface area contributed by atoms with Crippen molar-refractivity contribution in [1.29, 1.82) is 0 Å². The number of rotatable bonds is 6. The van der Waals surface area contributed by atoms with Gasteiger partial charge in [-0.1, -0.05) is 26.0 Å². The third kappa shape index (κ3) is 4.42. The second-order valence-corrected chi connectivity index (χ2v) is 4.51. The summed E-state index contributed by atoms with van der Waals surface area (Å²) >= 11 is 0. The lowest BCUT2D eigenvalue weighted by atomic mass is 10.0. The molecule has 0 fully saturated rings. The number of hydrogen-bond donors (Lipinski definition) is 3. The number of aliphatic hydroxyl groups excluding tert-OH is 2. The topological polar surface area (TPSA) is 52.5 Å². The number of hydrogen-bond acceptors (Lipinski definition) is 3. The molecule has 0 bridgehead atoms. The lowest BCUT2D eigenvalue weighted by molar-refractivity contribution is 0.148. The van der Waals surface area contributed by atoms with Crippen LogP contribution in [0.4, 0.5) is 4.39 Å². The Morgan fingerprint density at radius 2 is 1.82 bits per heavy atom. The second kappa shape index (κ2) is 6.69. The Balaban J connectivity index is 2.49. The highest BCUT2D eigenvalue weighted by Crippen LogP contribution is 2.13. The van der Waals surface area contributed by atoms with E-state index in [1.165, 1.54) is 12.1 Å². The Labute approximate surface area is 101 Å². The number of benzene rings is 1. The molecule has 0 heterocycles. The summed E-state index contributed by atoms with van der Waals surface area (Å²) in [6.07, 6.45) is -0.691. The van der Waals surface area contributed by atoms with E-state index in [1.54, 1.807) is 12.1 Å². The molecule has 3 N–H and O–H groups in total. The third-order valence-corrected chi connectivity index (χ3v) is 2.83. The standard InChI is InChI=1S/C13H20FNO2/c1-9(2)12(8-16)15-7-13(17)10-3-5-11(14)6-4-10/h3-6,9,12-13,15-17H,7-8H2,1-2H3. The van der Waals surface area contributed by atoms with Gasteiger partial charge in [0.25, 0.3) is 0 Å². The Morgan fingerprint density at radius 1 is 1.24 bits per heavy atom. The molecule has 0 spiro atoms. The molecular formula is C13H20FNO2. The minimum absolute atomic E-state index is 0.0355. The van der Waals surface area contributed by atoms with E-state index >= 15 is 0 Å². The third-order valence-electron chi connectivity index (χ3n) is 2.83. The summed E-state index contributed by atoms with van der Waals surface area (Å²) in [4.78, 5) is 0. The van der Waals surface area contributed by atoms with Crippen LogP contribution in [0.25, 0.3) is 0 Å². The summed E-state index contributed by atoms with van der Waals surface area (Å²) in [5.41, 5.74) is 0.666. The van der Waals surface area contributed by atoms with Crippen LogP contribution in [0.3, 0.4) is 0 Å². The largest absolute Gasteiger partial charge is 0.395 e. The van der Waals surface area contributed by atoms with Gasteiger partial charge in [-0.15, -0.1) is 0 Å². The van der Waals surface area contributed by atoms with Crippen molar-refractivity contribution >= 4 is 0 Å². The highest BCUT2D eigenvalue weighted by Gasteiger charge is 2.14. The maximum atomic E-state index is 12.7. The molecule has 0 saturated heterocycles. The maximum absolute atomic E-state index is 12.7. The van der Waals surface area contributed by atoms with Crippen LogP contribution in [0, 0.1) is 11.7 Å². The second-order valence-electron chi connectivity index (χ2n) is 4.51. The molecule has 0 aliphatic rings. The first kappa shape index (κ1) is 14.1. The molecule has 4 heteroatoms. The fourth-order valence-corrected chi connectivity index (χ4v) is 1.58. The van der Waals surface area contributed by atoms with Crippen molar-refractivity contribution < 1.29 is 14.6 Å². The first-order valence-corrected chi connectivity index (χ1v) is 5.82. The minimum Gasteiger partial charge on any atom is -0.395 e. The van der Waals surface area contributed by atoms with Crippen molar-refractivity contribution in [3.05, 3.63) is 35.6 Å². The fraction of sp³-hybridized carbons (Fsp3) is 0.538. The predicted octanol–water partition coefficient (Wildman–Crippen LogP) is 1.47. The zero-order valence-electron chi connectivity index (χ0n) is 10.2. The zero-order chi connectivity index (χ0) is 12.8. The van der Waals surface area contributed by atoms with Crippen molar-refractivity contribution in [2.45, 2.75) is 26.0 Å². The number of aliphatic hydroxyl groups is 2. The molecule has 0 amide bonds. The van der Waals surface area contributed by atoms with Gasteiger partial charge in [-0.05, 0) is 23.6 Å². The van der Waals surface area contributed by atoms with Gasteiger partial charge >= 0.3 is 0 Å². The molecule has 0 saturated carbocycles. The molecular weight excluding hydrogens is 221 g/mol. The molecule has 1 aromatic carbocycles. The van der Waals surface area contributed by atoms with E-state index in [2.05, 4.69) is 5.32 Å². The average molecular weight is 241 g/mol. The van der Waals surface area contributed by atoms with Crippen LogP contribution < -0.4 is 5.32 Å². The first-order valence-electron chi connectivity index (χ1n) is 5.82. The average Bonchev–Trinajstić information content (AvgIpc) is 2.30. The van der Waals surface area contributed by atoms with Crippen LogP contribution in [0.5, 0.6) is 0 Å². The maximum Gasteiger partial charge on any atom is 0.123 e. The van der Waals surface area contributed by atoms with Crippen molar-refractivity contribution in [2.24, 2.45) is 5.92 Å². The van der Waals surface area contributed by atoms with Gasteiger partial charge in [-0.3, -0.25) is 0 Å². The van der Waals surface area contributed by atoms with Gasteiger partial charge in [0.05, 0.1) is 12.7 Å². The first-order chi connectivity index (χ1) is 8.04. The molecule has 2 atom stereocenters. The van der Waals surface area contributed by atoms with Crippen LogP contribution in [0.1, 0.15) is 25.5 Å². The highest BCUT2D eigenvalue weighted by atomic mass is 19.1. The highest BCUT2D eigenvalue weighted by molar-refractivity contribution is 5.18. The summed E-state index contributed by atoms with van der Waals surface area (Å²) in [5, 5.41) is 22.1. The molecule has 0 aliphatic heterocycles. The molecule has 17 heavy (non-hydrogen) atoms. The van der Waals surface area contributed by atoms with Gasteiger partial charge in [0.1, 0.15) is 5.82 Å². The monoisotopic (exact) mass is 241 g/mol. The van der Waals surface area contributed by atoms with Crippen molar-refractivity contribution in [3.8, 4) is 0 Å². The Morgan fingerprint density at radius 3 is 2.29 bits per heavy atom.